The van der Waals surface area contributed by atoms with Crippen LogP contribution in [0.4, 0.5) is 5.88 Å². The molecular weight excluding hydrogens is 222 g/mol. The molecule has 2 aromatic heterocycles. The Balaban J connectivity index is 2.20. The van der Waals surface area contributed by atoms with Crippen LogP contribution in [-0.2, 0) is 0 Å². The molecule has 0 aliphatic carbocycles. The molecule has 1 amide bonds. The number of anilines is 1. The number of amides is 1. The summed E-state index contributed by atoms with van der Waals surface area (Å²) in [7, 11) is 0. The van der Waals surface area contributed by atoms with E-state index < -0.39 is 0 Å². The lowest BCUT2D eigenvalue weighted by Gasteiger charge is -2.01. The van der Waals surface area contributed by atoms with Gasteiger partial charge in [-0.1, -0.05) is 5.16 Å². The second kappa shape index (κ2) is 4.25. The van der Waals surface area contributed by atoms with Crippen LogP contribution in [0.2, 0.25) is 0 Å². The molecule has 0 spiro atoms. The van der Waals surface area contributed by atoms with Gasteiger partial charge in [-0.2, -0.15) is 0 Å². The quantitative estimate of drug-likeness (QED) is 0.816. The molecule has 0 aliphatic heterocycles. The van der Waals surface area contributed by atoms with Gasteiger partial charge in [0, 0.05) is 17.8 Å². The first-order valence-electron chi connectivity index (χ1n) is 5.01. The molecular formula is C11H11N3O3. The highest BCUT2D eigenvalue weighted by Gasteiger charge is 2.13. The molecule has 2 heterocycles. The smallest absolute Gasteiger partial charge is 0.259 e. The zero-order chi connectivity index (χ0) is 12.4. The number of rotatable bonds is 2. The molecule has 0 unspecified atom stereocenters. The van der Waals surface area contributed by atoms with Gasteiger partial charge >= 0.3 is 0 Å². The summed E-state index contributed by atoms with van der Waals surface area (Å²) >= 11 is 0. The number of nitrogens with zero attached hydrogens (tertiary/aromatic N) is 1. The maximum atomic E-state index is 11.8. The summed E-state index contributed by atoms with van der Waals surface area (Å²) in [6.07, 6.45) is 1.34. The topological polar surface area (TPSA) is 88.0 Å². The molecule has 0 saturated carbocycles. The van der Waals surface area contributed by atoms with Crippen LogP contribution in [0.15, 0.2) is 27.6 Å². The lowest BCUT2D eigenvalue weighted by Crippen LogP contribution is -2.14. The van der Waals surface area contributed by atoms with Gasteiger partial charge in [-0.25, -0.2) is 0 Å². The second-order valence-electron chi connectivity index (χ2n) is 3.62. The Kier molecular flexibility index (Phi) is 2.78. The first kappa shape index (κ1) is 11.1. The fourth-order valence-corrected chi connectivity index (χ4v) is 1.26. The molecule has 0 atom stereocenters. The highest BCUT2D eigenvalue weighted by atomic mass is 16.5. The van der Waals surface area contributed by atoms with Crippen molar-refractivity contribution >= 4 is 11.8 Å². The van der Waals surface area contributed by atoms with Crippen LogP contribution >= 0.6 is 0 Å². The van der Waals surface area contributed by atoms with Crippen molar-refractivity contribution in [2.24, 2.45) is 0 Å². The van der Waals surface area contributed by atoms with Crippen LogP contribution in [0.3, 0.4) is 0 Å². The third-order valence-electron chi connectivity index (χ3n) is 2.43. The number of aromatic amines is 1. The summed E-state index contributed by atoms with van der Waals surface area (Å²) in [5, 5.41) is 6.31. The number of carbonyl (C=O) groups excluding carboxylic acids is 1. The lowest BCUT2D eigenvalue weighted by molar-refractivity contribution is 0.102. The highest BCUT2D eigenvalue weighted by molar-refractivity contribution is 6.03. The van der Waals surface area contributed by atoms with Gasteiger partial charge in [0.15, 0.2) is 0 Å². The molecule has 6 nitrogen and oxygen atoms in total. The summed E-state index contributed by atoms with van der Waals surface area (Å²) in [6, 6.07) is 2.72. The predicted octanol–water partition coefficient (Wildman–Crippen LogP) is 1.23. The molecule has 2 N–H and O–H groups in total. The van der Waals surface area contributed by atoms with Crippen molar-refractivity contribution in [1.29, 1.82) is 0 Å². The van der Waals surface area contributed by atoms with Crippen molar-refractivity contribution in [3.63, 3.8) is 0 Å². The molecule has 88 valence electrons. The van der Waals surface area contributed by atoms with Gasteiger partial charge in [0.25, 0.3) is 5.91 Å². The fraction of sp³-hybridized carbons (Fsp3) is 0.182. The third kappa shape index (κ3) is 2.25. The van der Waals surface area contributed by atoms with Crippen LogP contribution in [0.25, 0.3) is 0 Å². The molecule has 17 heavy (non-hydrogen) atoms. The minimum Gasteiger partial charge on any atom is -0.338 e. The summed E-state index contributed by atoms with van der Waals surface area (Å²) in [5.41, 5.74) is 1.59. The first-order valence-corrected chi connectivity index (χ1v) is 5.01. The van der Waals surface area contributed by atoms with Crippen LogP contribution in [0.1, 0.15) is 21.6 Å². The molecule has 0 bridgehead atoms. The monoisotopic (exact) mass is 233 g/mol. The van der Waals surface area contributed by atoms with Gasteiger partial charge < -0.3 is 9.51 Å². The molecule has 0 fully saturated rings. The van der Waals surface area contributed by atoms with Gasteiger partial charge in [-0.15, -0.1) is 0 Å². The Morgan fingerprint density at radius 1 is 1.41 bits per heavy atom. The van der Waals surface area contributed by atoms with E-state index in [1.54, 1.807) is 13.8 Å². The number of carbonyl (C=O) groups is 1. The van der Waals surface area contributed by atoms with Gasteiger partial charge in [-0.3, -0.25) is 14.9 Å². The predicted molar refractivity (Wildman–Crippen MR) is 61.0 cm³/mol. The van der Waals surface area contributed by atoms with Crippen molar-refractivity contribution in [2.45, 2.75) is 13.8 Å². The minimum atomic E-state index is -0.361. The maximum Gasteiger partial charge on any atom is 0.259 e. The number of hydrogen-bond donors (Lipinski definition) is 2. The van der Waals surface area contributed by atoms with Gasteiger partial charge in [0.2, 0.25) is 11.4 Å². The SMILES string of the molecule is Cc1noc(NC(=O)c2ccc(=O)[nH]c2)c1C. The van der Waals surface area contributed by atoms with Crippen molar-refractivity contribution in [2.75, 3.05) is 5.32 Å². The Hall–Kier alpha value is -2.37. The molecule has 0 saturated heterocycles. The lowest BCUT2D eigenvalue weighted by atomic mass is 10.2. The summed E-state index contributed by atoms with van der Waals surface area (Å²) in [5.74, 6) is -0.0424. The van der Waals surface area contributed by atoms with Crippen molar-refractivity contribution in [1.82, 2.24) is 10.1 Å². The van der Waals surface area contributed by atoms with E-state index in [0.29, 0.717) is 11.4 Å². The number of nitrogens with one attached hydrogen (secondary N) is 2. The van der Waals surface area contributed by atoms with E-state index in [9.17, 15) is 9.59 Å². The van der Waals surface area contributed by atoms with Crippen LogP contribution in [-0.4, -0.2) is 16.0 Å². The summed E-state index contributed by atoms with van der Waals surface area (Å²) < 4.78 is 4.96. The zero-order valence-electron chi connectivity index (χ0n) is 9.40. The van der Waals surface area contributed by atoms with Gasteiger partial charge in [0.05, 0.1) is 11.3 Å². The van der Waals surface area contributed by atoms with Crippen molar-refractivity contribution < 1.29 is 9.32 Å². The van der Waals surface area contributed by atoms with Crippen molar-refractivity contribution in [3.8, 4) is 0 Å². The largest absolute Gasteiger partial charge is 0.338 e. The fourth-order valence-electron chi connectivity index (χ4n) is 1.26. The minimum absolute atomic E-state index is 0.256. The average molecular weight is 233 g/mol. The Bertz CT molecular complexity index is 592. The second-order valence-corrected chi connectivity index (χ2v) is 3.62. The molecule has 0 radical (unpaired) electrons. The Labute approximate surface area is 96.6 Å². The number of pyridine rings is 1. The maximum absolute atomic E-state index is 11.8. The van der Waals surface area contributed by atoms with E-state index >= 15 is 0 Å². The first-order chi connectivity index (χ1) is 8.08. The summed E-state index contributed by atoms with van der Waals surface area (Å²) in [6.45, 7) is 3.59. The number of aromatic nitrogens is 2. The normalized spacial score (nSPS) is 10.2. The van der Waals surface area contributed by atoms with Gasteiger partial charge in [-0.05, 0) is 19.9 Å². The molecule has 0 aromatic carbocycles. The van der Waals surface area contributed by atoms with Crippen molar-refractivity contribution in [3.05, 3.63) is 45.5 Å². The Morgan fingerprint density at radius 2 is 2.18 bits per heavy atom. The van der Waals surface area contributed by atoms with Crippen LogP contribution < -0.4 is 10.9 Å². The Morgan fingerprint density at radius 3 is 2.71 bits per heavy atom. The molecule has 6 heteroatoms. The zero-order valence-corrected chi connectivity index (χ0v) is 9.40. The summed E-state index contributed by atoms with van der Waals surface area (Å²) in [4.78, 5) is 25.0. The van der Waals surface area contributed by atoms with E-state index in [1.165, 1.54) is 18.3 Å². The number of hydrogen-bond acceptors (Lipinski definition) is 4. The van der Waals surface area contributed by atoms with E-state index in [4.69, 9.17) is 4.52 Å². The number of H-pyrrole nitrogens is 1. The molecule has 0 aliphatic rings. The number of aryl methyl sites for hydroxylation is 1. The highest BCUT2D eigenvalue weighted by Crippen LogP contribution is 2.17. The van der Waals surface area contributed by atoms with E-state index in [-0.39, 0.29) is 11.5 Å². The standard InChI is InChI=1S/C11H11N3O3/c1-6-7(2)14-17-11(6)13-10(16)8-3-4-9(15)12-5-8/h3-5H,1-2H3,(H,12,15)(H,13,16). The molecule has 2 rings (SSSR count). The van der Waals surface area contributed by atoms with Crippen LogP contribution in [0.5, 0.6) is 0 Å². The van der Waals surface area contributed by atoms with E-state index in [2.05, 4.69) is 15.5 Å². The van der Waals surface area contributed by atoms with E-state index in [1.807, 2.05) is 0 Å². The van der Waals surface area contributed by atoms with E-state index in [0.717, 1.165) is 11.3 Å². The average Bonchev–Trinajstić information content (AvgIpc) is 2.62. The third-order valence-corrected chi connectivity index (χ3v) is 2.43. The van der Waals surface area contributed by atoms with Gasteiger partial charge in [0.1, 0.15) is 0 Å². The molecule has 2 aromatic rings. The van der Waals surface area contributed by atoms with Crippen LogP contribution in [0, 0.1) is 13.8 Å².